The summed E-state index contributed by atoms with van der Waals surface area (Å²) in [7, 11) is 0. The van der Waals surface area contributed by atoms with Crippen LogP contribution in [0.15, 0.2) is 54.6 Å². The monoisotopic (exact) mass is 312 g/mol. The second-order valence-electron chi connectivity index (χ2n) is 5.14. The number of urea groups is 1. The Morgan fingerprint density at radius 1 is 0.739 bits per heavy atom. The van der Waals surface area contributed by atoms with Gasteiger partial charge in [0.2, 0.25) is 0 Å². The highest BCUT2D eigenvalue weighted by Gasteiger charge is 2.44. The molecule has 1 fully saturated rings. The molecule has 5 nitrogen and oxygen atoms in total. The van der Waals surface area contributed by atoms with E-state index in [-0.39, 0.29) is 18.7 Å². The van der Waals surface area contributed by atoms with E-state index in [1.54, 1.807) is 30.3 Å². The number of imide groups is 2. The molecule has 2 aromatic rings. The van der Waals surface area contributed by atoms with Gasteiger partial charge in [-0.2, -0.15) is 0 Å². The van der Waals surface area contributed by atoms with Crippen LogP contribution >= 0.6 is 0 Å². The Morgan fingerprint density at radius 2 is 1.30 bits per heavy atom. The Labute approximate surface area is 131 Å². The highest BCUT2D eigenvalue weighted by molar-refractivity contribution is 6.44. The van der Waals surface area contributed by atoms with Crippen LogP contribution in [-0.2, 0) is 22.7 Å². The maximum Gasteiger partial charge on any atom is 0.334 e. The Bertz CT molecular complexity index is 776. The fraction of sp³-hybridized carbons (Fsp3) is 0.118. The van der Waals surface area contributed by atoms with Crippen LogP contribution in [0.3, 0.4) is 0 Å². The van der Waals surface area contributed by atoms with Crippen molar-refractivity contribution < 1.29 is 18.8 Å². The molecule has 4 amide bonds. The zero-order valence-corrected chi connectivity index (χ0v) is 12.1. The molecule has 0 aromatic heterocycles. The number of nitrogens with zero attached hydrogens (tertiary/aromatic N) is 2. The summed E-state index contributed by atoms with van der Waals surface area (Å²) in [5.74, 6) is -2.36. The quantitative estimate of drug-likeness (QED) is 0.643. The number of benzene rings is 2. The van der Waals surface area contributed by atoms with Gasteiger partial charge in [-0.25, -0.2) is 9.18 Å². The molecule has 3 rings (SSSR count). The average Bonchev–Trinajstić information content (AvgIpc) is 2.76. The number of hydrogen-bond acceptors (Lipinski definition) is 3. The maximum atomic E-state index is 13.7. The van der Waals surface area contributed by atoms with Gasteiger partial charge in [0.15, 0.2) is 0 Å². The van der Waals surface area contributed by atoms with Crippen LogP contribution in [0.25, 0.3) is 0 Å². The van der Waals surface area contributed by atoms with Crippen molar-refractivity contribution >= 4 is 17.8 Å². The molecule has 1 aliphatic rings. The van der Waals surface area contributed by atoms with Crippen LogP contribution in [0.2, 0.25) is 0 Å². The number of halogens is 1. The number of amides is 4. The van der Waals surface area contributed by atoms with E-state index in [0.29, 0.717) is 0 Å². The van der Waals surface area contributed by atoms with Gasteiger partial charge in [-0.05, 0) is 11.6 Å². The fourth-order valence-electron chi connectivity index (χ4n) is 2.39. The molecule has 0 radical (unpaired) electrons. The molecule has 0 spiro atoms. The van der Waals surface area contributed by atoms with Crippen LogP contribution in [-0.4, -0.2) is 27.6 Å². The van der Waals surface area contributed by atoms with Crippen molar-refractivity contribution in [1.29, 1.82) is 0 Å². The lowest BCUT2D eigenvalue weighted by atomic mass is 10.2. The minimum Gasteiger partial charge on any atom is -0.263 e. The van der Waals surface area contributed by atoms with Gasteiger partial charge in [0, 0.05) is 5.56 Å². The zero-order valence-electron chi connectivity index (χ0n) is 12.1. The average molecular weight is 312 g/mol. The normalized spacial score (nSPS) is 14.7. The predicted molar refractivity (Wildman–Crippen MR) is 79.3 cm³/mol. The van der Waals surface area contributed by atoms with Crippen molar-refractivity contribution in [1.82, 2.24) is 9.80 Å². The van der Waals surface area contributed by atoms with Crippen molar-refractivity contribution in [2.45, 2.75) is 13.1 Å². The third-order valence-corrected chi connectivity index (χ3v) is 3.60. The summed E-state index contributed by atoms with van der Waals surface area (Å²) >= 11 is 0. The van der Waals surface area contributed by atoms with Gasteiger partial charge < -0.3 is 0 Å². The third-order valence-electron chi connectivity index (χ3n) is 3.60. The lowest BCUT2D eigenvalue weighted by Crippen LogP contribution is -2.33. The number of rotatable bonds is 4. The molecule has 2 aromatic carbocycles. The topological polar surface area (TPSA) is 57.7 Å². The van der Waals surface area contributed by atoms with E-state index in [1.165, 1.54) is 18.2 Å². The van der Waals surface area contributed by atoms with Gasteiger partial charge in [-0.1, -0.05) is 48.5 Å². The van der Waals surface area contributed by atoms with E-state index >= 15 is 0 Å². The summed E-state index contributed by atoms with van der Waals surface area (Å²) in [5, 5.41) is 0. The van der Waals surface area contributed by atoms with Gasteiger partial charge >= 0.3 is 17.8 Å². The molecular formula is C17H13FN2O3. The summed E-state index contributed by atoms with van der Waals surface area (Å²) < 4.78 is 13.7. The molecule has 1 aliphatic heterocycles. The minimum absolute atomic E-state index is 0.0119. The summed E-state index contributed by atoms with van der Waals surface area (Å²) in [6.45, 7) is -0.251. The van der Waals surface area contributed by atoms with Crippen molar-refractivity contribution in [3.63, 3.8) is 0 Å². The molecule has 0 atom stereocenters. The van der Waals surface area contributed by atoms with Crippen molar-refractivity contribution in [3.05, 3.63) is 71.5 Å². The van der Waals surface area contributed by atoms with Crippen LogP contribution in [0, 0.1) is 5.82 Å². The third kappa shape index (κ3) is 2.83. The van der Waals surface area contributed by atoms with Crippen LogP contribution in [0.1, 0.15) is 11.1 Å². The van der Waals surface area contributed by atoms with Crippen LogP contribution < -0.4 is 0 Å². The predicted octanol–water partition coefficient (Wildman–Crippen LogP) is 2.32. The highest BCUT2D eigenvalue weighted by Crippen LogP contribution is 2.19. The first-order valence-electron chi connectivity index (χ1n) is 7.02. The van der Waals surface area contributed by atoms with Gasteiger partial charge in [0.25, 0.3) is 0 Å². The molecule has 116 valence electrons. The molecule has 0 saturated carbocycles. The van der Waals surface area contributed by atoms with Crippen LogP contribution in [0.5, 0.6) is 0 Å². The van der Waals surface area contributed by atoms with Gasteiger partial charge in [-0.15, -0.1) is 0 Å². The highest BCUT2D eigenvalue weighted by atomic mass is 19.1. The smallest absolute Gasteiger partial charge is 0.263 e. The Morgan fingerprint density at radius 3 is 1.96 bits per heavy atom. The fourth-order valence-corrected chi connectivity index (χ4v) is 2.39. The number of hydrogen-bond donors (Lipinski definition) is 0. The molecule has 1 heterocycles. The van der Waals surface area contributed by atoms with E-state index in [1.807, 2.05) is 6.07 Å². The minimum atomic E-state index is -0.936. The molecule has 0 unspecified atom stereocenters. The van der Waals surface area contributed by atoms with E-state index < -0.39 is 23.7 Å². The van der Waals surface area contributed by atoms with Crippen molar-refractivity contribution in [2.75, 3.05) is 0 Å². The van der Waals surface area contributed by atoms with Crippen molar-refractivity contribution in [2.24, 2.45) is 0 Å². The molecule has 0 N–H and O–H groups in total. The Kier molecular flexibility index (Phi) is 3.89. The van der Waals surface area contributed by atoms with E-state index in [9.17, 15) is 18.8 Å². The van der Waals surface area contributed by atoms with E-state index in [0.717, 1.165) is 15.4 Å². The number of carbonyl (C=O) groups excluding carboxylic acids is 3. The largest absolute Gasteiger partial charge is 0.334 e. The summed E-state index contributed by atoms with van der Waals surface area (Å²) in [6, 6.07) is 14.0. The number of carbonyl (C=O) groups is 3. The lowest BCUT2D eigenvalue weighted by molar-refractivity contribution is -0.143. The molecule has 6 heteroatoms. The molecule has 0 bridgehead atoms. The maximum absolute atomic E-state index is 13.7. The second kappa shape index (κ2) is 6.00. The van der Waals surface area contributed by atoms with E-state index in [2.05, 4.69) is 0 Å². The first-order valence-corrected chi connectivity index (χ1v) is 7.02. The lowest BCUT2D eigenvalue weighted by Gasteiger charge is -2.16. The second-order valence-corrected chi connectivity index (χ2v) is 5.14. The van der Waals surface area contributed by atoms with Gasteiger partial charge in [-0.3, -0.25) is 19.4 Å². The molecule has 23 heavy (non-hydrogen) atoms. The first-order chi connectivity index (χ1) is 11.1. The first kappa shape index (κ1) is 14.9. The Balaban J connectivity index is 1.81. The van der Waals surface area contributed by atoms with E-state index in [4.69, 9.17) is 0 Å². The molecule has 1 saturated heterocycles. The Hall–Kier alpha value is -3.02. The molecule has 0 aliphatic carbocycles. The SMILES string of the molecule is O=C1C(=O)N(Cc2ccccc2F)C(=O)N1Cc1ccccc1. The van der Waals surface area contributed by atoms with Crippen LogP contribution in [0.4, 0.5) is 9.18 Å². The standard InChI is InChI=1S/C17H13FN2O3/c18-14-9-5-4-8-13(14)11-20-16(22)15(21)19(17(20)23)10-12-6-2-1-3-7-12/h1-9H,10-11H2. The molecular weight excluding hydrogens is 299 g/mol. The summed E-state index contributed by atoms with van der Waals surface area (Å²) in [4.78, 5) is 38.0. The van der Waals surface area contributed by atoms with Crippen molar-refractivity contribution in [3.8, 4) is 0 Å². The van der Waals surface area contributed by atoms with Gasteiger partial charge in [0.05, 0.1) is 13.1 Å². The summed E-state index contributed by atoms with van der Waals surface area (Å²) in [6.07, 6.45) is 0. The summed E-state index contributed by atoms with van der Waals surface area (Å²) in [5.41, 5.74) is 0.915. The van der Waals surface area contributed by atoms with Gasteiger partial charge in [0.1, 0.15) is 5.82 Å². The zero-order chi connectivity index (χ0) is 16.4.